The maximum atomic E-state index is 8.63. The van der Waals surface area contributed by atoms with Gasteiger partial charge >= 0.3 is 0 Å². The largest absolute Gasteiger partial charge is 0.396 e. The van der Waals surface area contributed by atoms with Crippen molar-refractivity contribution in [2.75, 3.05) is 6.61 Å². The molecule has 2 atom stereocenters. The smallest absolute Gasteiger partial charge is 0.0940 e. The zero-order chi connectivity index (χ0) is 9.80. The number of hydrogen-bond acceptors (Lipinski definition) is 3. The molecule has 78 valence electrons. The Balaban J connectivity index is 1.72. The molecule has 0 amide bonds. The molecule has 0 aromatic heterocycles. The highest BCUT2D eigenvalue weighted by Crippen LogP contribution is 2.36. The van der Waals surface area contributed by atoms with Crippen molar-refractivity contribution in [1.29, 1.82) is 0 Å². The highest BCUT2D eigenvalue weighted by Gasteiger charge is 2.34. The van der Waals surface area contributed by atoms with E-state index >= 15 is 0 Å². The van der Waals surface area contributed by atoms with E-state index in [0.717, 1.165) is 19.3 Å². The summed E-state index contributed by atoms with van der Waals surface area (Å²) in [7, 11) is 0. The number of aliphatic hydroxyl groups is 1. The number of rotatable bonds is 5. The summed E-state index contributed by atoms with van der Waals surface area (Å²) in [6.45, 7) is 0.326. The quantitative estimate of drug-likeness (QED) is 0.530. The van der Waals surface area contributed by atoms with Crippen molar-refractivity contribution in [3.8, 4) is 0 Å². The van der Waals surface area contributed by atoms with Gasteiger partial charge in [0.1, 0.15) is 0 Å². The van der Waals surface area contributed by atoms with Crippen LogP contribution in [0, 0.1) is 0 Å². The summed E-state index contributed by atoms with van der Waals surface area (Å²) in [6, 6.07) is 0.857. The van der Waals surface area contributed by atoms with Crippen molar-refractivity contribution >= 4 is 0 Å². The van der Waals surface area contributed by atoms with E-state index in [9.17, 15) is 0 Å². The number of hydrogen-bond donors (Lipinski definition) is 1. The van der Waals surface area contributed by atoms with Crippen molar-refractivity contribution in [2.24, 2.45) is 10.2 Å². The van der Waals surface area contributed by atoms with Crippen molar-refractivity contribution in [3.63, 3.8) is 0 Å². The van der Waals surface area contributed by atoms with E-state index in [4.69, 9.17) is 5.11 Å². The summed E-state index contributed by atoms with van der Waals surface area (Å²) in [6.07, 6.45) is 9.12. The third-order valence-electron chi connectivity index (χ3n) is 3.07. The normalized spacial score (nSPS) is 31.9. The fourth-order valence-corrected chi connectivity index (χ4v) is 2.25. The van der Waals surface area contributed by atoms with E-state index in [0.29, 0.717) is 18.7 Å². The van der Waals surface area contributed by atoms with E-state index in [-0.39, 0.29) is 0 Å². The maximum absolute atomic E-state index is 8.63. The van der Waals surface area contributed by atoms with Crippen LogP contribution in [-0.4, -0.2) is 23.8 Å². The average molecular weight is 194 g/mol. The van der Waals surface area contributed by atoms with Gasteiger partial charge in [0.05, 0.1) is 12.1 Å². The van der Waals surface area contributed by atoms with Crippen LogP contribution in [0.1, 0.15) is 38.5 Å². The number of fused-ring (bicyclic) bond motifs is 2. The first-order valence-electron chi connectivity index (χ1n) is 5.62. The Morgan fingerprint density at radius 1 is 1.14 bits per heavy atom. The third-order valence-corrected chi connectivity index (χ3v) is 3.07. The van der Waals surface area contributed by atoms with Crippen LogP contribution >= 0.6 is 0 Å². The summed E-state index contributed by atoms with van der Waals surface area (Å²) >= 11 is 0. The van der Waals surface area contributed by atoms with Crippen LogP contribution < -0.4 is 0 Å². The topological polar surface area (TPSA) is 45.0 Å². The van der Waals surface area contributed by atoms with Crippen molar-refractivity contribution in [1.82, 2.24) is 0 Å². The predicted octanol–water partition coefficient (Wildman–Crippen LogP) is 2.46. The molecule has 0 unspecified atom stereocenters. The number of nitrogens with zero attached hydrogens (tertiary/aromatic N) is 2. The van der Waals surface area contributed by atoms with E-state index in [1.54, 1.807) is 0 Å². The van der Waals surface area contributed by atoms with Crippen molar-refractivity contribution in [3.05, 3.63) is 11.6 Å². The van der Waals surface area contributed by atoms with Crippen molar-refractivity contribution in [2.45, 2.75) is 50.6 Å². The predicted molar refractivity (Wildman–Crippen MR) is 55.3 cm³/mol. The Morgan fingerprint density at radius 2 is 1.86 bits per heavy atom. The zero-order valence-electron chi connectivity index (χ0n) is 8.52. The maximum Gasteiger partial charge on any atom is 0.0940 e. The highest BCUT2D eigenvalue weighted by molar-refractivity contribution is 5.26. The number of allylic oxidation sites excluding steroid dienone is 1. The fraction of sp³-hybridized carbons (Fsp3) is 0.818. The van der Waals surface area contributed by atoms with Gasteiger partial charge < -0.3 is 5.11 Å². The highest BCUT2D eigenvalue weighted by atomic mass is 16.2. The Bertz CT molecular complexity index is 232. The van der Waals surface area contributed by atoms with Crippen LogP contribution in [0.25, 0.3) is 0 Å². The van der Waals surface area contributed by atoms with E-state index < -0.39 is 0 Å². The summed E-state index contributed by atoms with van der Waals surface area (Å²) in [4.78, 5) is 0. The molecule has 1 aliphatic carbocycles. The minimum atomic E-state index is 0.326. The molecule has 1 fully saturated rings. The van der Waals surface area contributed by atoms with Crippen LogP contribution in [0.5, 0.6) is 0 Å². The molecule has 0 radical (unpaired) electrons. The van der Waals surface area contributed by atoms with Gasteiger partial charge in [0, 0.05) is 6.61 Å². The van der Waals surface area contributed by atoms with Gasteiger partial charge in [0.15, 0.2) is 0 Å². The van der Waals surface area contributed by atoms with E-state index in [1.165, 1.54) is 24.8 Å². The lowest BCUT2D eigenvalue weighted by atomic mass is 10.1. The van der Waals surface area contributed by atoms with Gasteiger partial charge in [0.2, 0.25) is 0 Å². The summed E-state index contributed by atoms with van der Waals surface area (Å²) in [5.41, 5.74) is 1.47. The van der Waals surface area contributed by atoms with Crippen LogP contribution in [0.4, 0.5) is 0 Å². The van der Waals surface area contributed by atoms with Gasteiger partial charge in [-0.1, -0.05) is 12.5 Å². The molecule has 14 heavy (non-hydrogen) atoms. The van der Waals surface area contributed by atoms with Gasteiger partial charge in [-0.2, -0.15) is 10.2 Å². The lowest BCUT2D eigenvalue weighted by Crippen LogP contribution is -1.99. The first-order valence-corrected chi connectivity index (χ1v) is 5.62. The number of aliphatic hydroxyl groups excluding tert-OH is 1. The van der Waals surface area contributed by atoms with Crippen molar-refractivity contribution < 1.29 is 5.11 Å². The second-order valence-electron chi connectivity index (χ2n) is 4.12. The Kier molecular flexibility index (Phi) is 3.30. The molecular weight excluding hydrogens is 176 g/mol. The fourth-order valence-electron chi connectivity index (χ4n) is 2.25. The molecule has 2 aliphatic rings. The van der Waals surface area contributed by atoms with Gasteiger partial charge in [-0.25, -0.2) is 0 Å². The minimum absolute atomic E-state index is 0.326. The van der Waals surface area contributed by atoms with Gasteiger partial charge in [-0.15, -0.1) is 0 Å². The molecule has 0 saturated heterocycles. The van der Waals surface area contributed by atoms with Gasteiger partial charge in [0.25, 0.3) is 0 Å². The first kappa shape index (κ1) is 9.84. The van der Waals surface area contributed by atoms with Crippen LogP contribution in [0.15, 0.2) is 21.9 Å². The van der Waals surface area contributed by atoms with E-state index in [2.05, 4.69) is 16.3 Å². The molecule has 2 rings (SSSR count). The first-order chi connectivity index (χ1) is 6.92. The van der Waals surface area contributed by atoms with Crippen LogP contribution in [0.3, 0.4) is 0 Å². The molecule has 1 N–H and O–H groups in total. The summed E-state index contributed by atoms with van der Waals surface area (Å²) in [5.74, 6) is 0. The second-order valence-corrected chi connectivity index (χ2v) is 4.12. The molecule has 0 aromatic rings. The lowest BCUT2D eigenvalue weighted by molar-refractivity contribution is 0.283. The van der Waals surface area contributed by atoms with Crippen LogP contribution in [0.2, 0.25) is 0 Å². The Hall–Kier alpha value is -0.700. The van der Waals surface area contributed by atoms with E-state index in [1.807, 2.05) is 0 Å². The van der Waals surface area contributed by atoms with Gasteiger partial charge in [-0.05, 0) is 37.7 Å². The molecule has 1 saturated carbocycles. The van der Waals surface area contributed by atoms with Gasteiger partial charge in [-0.3, -0.25) is 0 Å². The van der Waals surface area contributed by atoms with Crippen LogP contribution in [-0.2, 0) is 0 Å². The second kappa shape index (κ2) is 4.69. The molecule has 1 heterocycles. The number of azo groups is 1. The molecule has 0 aromatic carbocycles. The molecule has 3 nitrogen and oxygen atoms in total. The average Bonchev–Trinajstić information content (AvgIpc) is 2.77. The Labute approximate surface area is 84.9 Å². The minimum Gasteiger partial charge on any atom is -0.396 e. The number of unbranched alkanes of at least 4 members (excludes halogenated alkanes) is 3. The third kappa shape index (κ3) is 2.03. The Morgan fingerprint density at radius 3 is 2.43 bits per heavy atom. The summed E-state index contributed by atoms with van der Waals surface area (Å²) in [5, 5.41) is 17.1. The molecule has 0 spiro atoms. The molecule has 3 heteroatoms. The standard InChI is InChI=1S/C11H18N2O/c14-8-4-2-1-3-5-9-10-6-7-11(9)13-12-10/h5,10-11,14H,1-4,6-8H2/t10-,11+. The molecular formula is C11H18N2O. The molecule has 2 bridgehead atoms. The molecule has 1 aliphatic heterocycles. The summed E-state index contributed by atoms with van der Waals surface area (Å²) < 4.78 is 0. The zero-order valence-corrected chi connectivity index (χ0v) is 8.52. The lowest BCUT2D eigenvalue weighted by Gasteiger charge is -2.00. The SMILES string of the molecule is OCCCCCC=C1[C@@H]2CC[C@H]1N=N2. The monoisotopic (exact) mass is 194 g/mol.